The number of ether oxygens (including phenoxy) is 1. The van der Waals surface area contributed by atoms with Crippen molar-refractivity contribution >= 4 is 16.1 Å². The number of rotatable bonds is 8. The third kappa shape index (κ3) is 5.02. The van der Waals surface area contributed by atoms with Crippen LogP contribution in [0, 0.1) is 11.8 Å². The van der Waals surface area contributed by atoms with Crippen molar-refractivity contribution in [2.24, 2.45) is 11.8 Å². The summed E-state index contributed by atoms with van der Waals surface area (Å²) in [4.78, 5) is 12.1. The molecule has 3 rings (SSSR count). The van der Waals surface area contributed by atoms with Gasteiger partial charge in [-0.3, -0.25) is 4.79 Å². The fourth-order valence-corrected chi connectivity index (χ4v) is 4.22. The molecule has 1 unspecified atom stereocenters. The van der Waals surface area contributed by atoms with Crippen LogP contribution in [0.4, 0.5) is 4.48 Å². The zero-order valence-electron chi connectivity index (χ0n) is 14.6. The third-order valence-electron chi connectivity index (χ3n) is 4.94. The maximum Gasteiger partial charge on any atom is 0.333 e. The van der Waals surface area contributed by atoms with Gasteiger partial charge in [0.15, 0.2) is 6.23 Å². The van der Waals surface area contributed by atoms with Gasteiger partial charge in [0, 0.05) is 16.0 Å². The van der Waals surface area contributed by atoms with Crippen LogP contribution in [0.3, 0.4) is 0 Å². The molecule has 0 heterocycles. The van der Waals surface area contributed by atoms with E-state index in [1.54, 1.807) is 22.9 Å². The average Bonchev–Trinajstić information content (AvgIpc) is 3.48. The van der Waals surface area contributed by atoms with E-state index in [2.05, 4.69) is 0 Å². The molecule has 0 aromatic heterocycles. The minimum Gasteiger partial charge on any atom is -0.359 e. The topological polar surface area (TPSA) is 75.7 Å². The van der Waals surface area contributed by atoms with Crippen molar-refractivity contribution in [3.05, 3.63) is 35.9 Å². The molecule has 0 saturated heterocycles. The van der Waals surface area contributed by atoms with Crippen molar-refractivity contribution in [1.29, 1.82) is 0 Å². The van der Waals surface area contributed by atoms with Gasteiger partial charge in [0.25, 0.3) is 5.91 Å². The molecule has 1 aromatic carbocycles. The van der Waals surface area contributed by atoms with E-state index in [-0.39, 0.29) is 16.0 Å². The van der Waals surface area contributed by atoms with Crippen LogP contribution in [0.25, 0.3) is 0 Å². The van der Waals surface area contributed by atoms with Gasteiger partial charge in [0.2, 0.25) is 0 Å². The quantitative estimate of drug-likeness (QED) is 0.552. The Balaban J connectivity index is 1.61. The standard InChI is InChI=1S/C18H25FN2O4S/c19-21(26(23,24)20-17(22)15-9-5-2-6-10-15)18(16-11-12-16)25-13-14-7-3-1-4-8-14/h2,5-6,9-10,14,16,18H,1,3-4,7-8,11-13H2,(H,20,22). The predicted octanol–water partition coefficient (Wildman–Crippen LogP) is 3.18. The van der Waals surface area contributed by atoms with E-state index in [1.165, 1.54) is 18.6 Å². The van der Waals surface area contributed by atoms with Crippen LogP contribution in [0.5, 0.6) is 0 Å². The predicted molar refractivity (Wildman–Crippen MR) is 94.8 cm³/mol. The molecule has 6 nitrogen and oxygen atoms in total. The van der Waals surface area contributed by atoms with Gasteiger partial charge < -0.3 is 4.74 Å². The maximum absolute atomic E-state index is 14.7. The number of carbonyl (C=O) groups is 1. The van der Waals surface area contributed by atoms with E-state index >= 15 is 0 Å². The summed E-state index contributed by atoms with van der Waals surface area (Å²) < 4.78 is 46.4. The molecule has 2 aliphatic carbocycles. The van der Waals surface area contributed by atoms with Crippen molar-refractivity contribution in [2.45, 2.75) is 51.2 Å². The van der Waals surface area contributed by atoms with Crippen LogP contribution in [0.15, 0.2) is 30.3 Å². The summed E-state index contributed by atoms with van der Waals surface area (Å²) in [6.45, 7) is 0.351. The zero-order valence-corrected chi connectivity index (χ0v) is 15.5. The fourth-order valence-electron chi connectivity index (χ4n) is 3.28. The van der Waals surface area contributed by atoms with Gasteiger partial charge in [-0.25, -0.2) is 4.72 Å². The van der Waals surface area contributed by atoms with E-state index in [4.69, 9.17) is 4.74 Å². The molecule has 0 bridgehead atoms. The Bertz CT molecular complexity index is 703. The van der Waals surface area contributed by atoms with Crippen LogP contribution in [-0.4, -0.2) is 31.7 Å². The number of nitrogens with zero attached hydrogens (tertiary/aromatic N) is 1. The lowest BCUT2D eigenvalue weighted by Gasteiger charge is -2.27. The first kappa shape index (κ1) is 19.3. The van der Waals surface area contributed by atoms with Crippen molar-refractivity contribution < 1.29 is 22.4 Å². The van der Waals surface area contributed by atoms with Crippen molar-refractivity contribution in [2.75, 3.05) is 6.61 Å². The van der Waals surface area contributed by atoms with E-state index < -0.39 is 22.3 Å². The van der Waals surface area contributed by atoms with Crippen LogP contribution in [0.1, 0.15) is 55.3 Å². The highest BCUT2D eigenvalue weighted by Crippen LogP contribution is 2.38. The van der Waals surface area contributed by atoms with Crippen LogP contribution >= 0.6 is 0 Å². The van der Waals surface area contributed by atoms with Gasteiger partial charge in [0.1, 0.15) is 0 Å². The molecule has 1 amide bonds. The largest absolute Gasteiger partial charge is 0.359 e. The number of hydrogen-bond donors (Lipinski definition) is 1. The van der Waals surface area contributed by atoms with E-state index in [1.807, 2.05) is 0 Å². The Morgan fingerprint density at radius 2 is 1.81 bits per heavy atom. The highest BCUT2D eigenvalue weighted by atomic mass is 32.2. The summed E-state index contributed by atoms with van der Waals surface area (Å²) in [5.74, 6) is -0.679. The van der Waals surface area contributed by atoms with Gasteiger partial charge in [-0.05, 0) is 43.7 Å². The van der Waals surface area contributed by atoms with Gasteiger partial charge in [-0.15, -0.1) is 4.48 Å². The SMILES string of the molecule is O=C(NS(=O)(=O)N(F)C(OCC1CCCCC1)C1CC1)c1ccccc1. The number of amides is 1. The molecule has 1 aromatic rings. The number of carbonyl (C=O) groups excluding carboxylic acids is 1. The van der Waals surface area contributed by atoms with Gasteiger partial charge >= 0.3 is 10.2 Å². The Kier molecular flexibility index (Phi) is 6.26. The van der Waals surface area contributed by atoms with Crippen molar-refractivity contribution in [1.82, 2.24) is 9.25 Å². The van der Waals surface area contributed by atoms with Crippen LogP contribution < -0.4 is 4.72 Å². The molecule has 0 aliphatic heterocycles. The number of nitrogens with one attached hydrogen (secondary N) is 1. The normalized spacial score (nSPS) is 20.1. The molecule has 1 atom stereocenters. The van der Waals surface area contributed by atoms with Gasteiger partial charge in [0.05, 0.1) is 6.61 Å². The highest BCUT2D eigenvalue weighted by molar-refractivity contribution is 7.87. The van der Waals surface area contributed by atoms with Gasteiger partial charge in [-0.2, -0.15) is 8.42 Å². The molecule has 0 radical (unpaired) electrons. The molecular formula is C18H25FN2O4S. The minimum atomic E-state index is -4.62. The number of hydrogen-bond acceptors (Lipinski definition) is 4. The monoisotopic (exact) mass is 384 g/mol. The third-order valence-corrected chi connectivity index (χ3v) is 6.05. The molecule has 144 valence electrons. The molecule has 8 heteroatoms. The molecule has 2 fully saturated rings. The molecule has 1 N–H and O–H groups in total. The molecule has 2 aliphatic rings. The summed E-state index contributed by atoms with van der Waals surface area (Å²) in [7, 11) is -4.62. The molecule has 26 heavy (non-hydrogen) atoms. The van der Waals surface area contributed by atoms with E-state index in [0.29, 0.717) is 12.5 Å². The summed E-state index contributed by atoms with van der Waals surface area (Å²) in [5.41, 5.74) is 0.149. The summed E-state index contributed by atoms with van der Waals surface area (Å²) in [5, 5.41) is 0. The second kappa shape index (κ2) is 8.45. The Morgan fingerprint density at radius 1 is 1.15 bits per heavy atom. The van der Waals surface area contributed by atoms with Crippen LogP contribution in [0.2, 0.25) is 0 Å². The van der Waals surface area contributed by atoms with E-state index in [0.717, 1.165) is 38.5 Å². The average molecular weight is 384 g/mol. The summed E-state index contributed by atoms with van der Waals surface area (Å²) in [6, 6.07) is 7.84. The second-order valence-corrected chi connectivity index (χ2v) is 8.61. The molecule has 0 spiro atoms. The minimum absolute atomic E-state index is 0.149. The number of halogens is 1. The first-order chi connectivity index (χ1) is 12.5. The van der Waals surface area contributed by atoms with E-state index in [9.17, 15) is 17.7 Å². The lowest BCUT2D eigenvalue weighted by Crippen LogP contribution is -2.46. The smallest absolute Gasteiger partial charge is 0.333 e. The summed E-state index contributed by atoms with van der Waals surface area (Å²) in [6.07, 6.45) is 5.80. The highest BCUT2D eigenvalue weighted by Gasteiger charge is 2.43. The Labute approximate surface area is 153 Å². The molecule has 2 saturated carbocycles. The lowest BCUT2D eigenvalue weighted by atomic mass is 9.90. The van der Waals surface area contributed by atoms with Crippen LogP contribution in [-0.2, 0) is 14.9 Å². The van der Waals surface area contributed by atoms with Gasteiger partial charge in [-0.1, -0.05) is 37.5 Å². The zero-order chi connectivity index (χ0) is 18.6. The fraction of sp³-hybridized carbons (Fsp3) is 0.611. The maximum atomic E-state index is 14.7. The lowest BCUT2D eigenvalue weighted by molar-refractivity contribution is -0.117. The summed E-state index contributed by atoms with van der Waals surface area (Å²) >= 11 is 0. The first-order valence-corrected chi connectivity index (χ1v) is 10.6. The Hall–Kier alpha value is -1.51. The van der Waals surface area contributed by atoms with Crippen molar-refractivity contribution in [3.8, 4) is 0 Å². The first-order valence-electron chi connectivity index (χ1n) is 9.16. The van der Waals surface area contributed by atoms with Crippen molar-refractivity contribution in [3.63, 3.8) is 0 Å². The Morgan fingerprint density at radius 3 is 2.42 bits per heavy atom. The number of benzene rings is 1. The molecular weight excluding hydrogens is 359 g/mol. The second-order valence-electron chi connectivity index (χ2n) is 7.11.